The zero-order valence-corrected chi connectivity index (χ0v) is 22.0. The fraction of sp³-hybridized carbons (Fsp3) is 0.0882. The third kappa shape index (κ3) is 3.39. The summed E-state index contributed by atoms with van der Waals surface area (Å²) in [5, 5.41) is 2.17. The lowest BCUT2D eigenvalue weighted by molar-refractivity contribution is 0.647. The summed E-state index contributed by atoms with van der Waals surface area (Å²) in [6.45, 7) is 4.56. The number of nitrogens with zero attached hydrogens (tertiary/aromatic N) is 5. The van der Waals surface area contributed by atoms with Gasteiger partial charge in [0.15, 0.2) is 17.5 Å². The fourth-order valence-electron chi connectivity index (χ4n) is 5.85. The van der Waals surface area contributed by atoms with Gasteiger partial charge in [0.2, 0.25) is 5.82 Å². The largest absolute Gasteiger partial charge is 0.456 e. The van der Waals surface area contributed by atoms with Crippen LogP contribution in [0.3, 0.4) is 0 Å². The molecule has 0 saturated heterocycles. The highest BCUT2D eigenvalue weighted by molar-refractivity contribution is 6.08. The number of furan rings is 1. The van der Waals surface area contributed by atoms with Gasteiger partial charge in [-0.1, -0.05) is 74.5 Å². The maximum absolute atomic E-state index is 6.47. The van der Waals surface area contributed by atoms with Crippen molar-refractivity contribution in [3.8, 4) is 45.6 Å². The van der Waals surface area contributed by atoms with Crippen molar-refractivity contribution in [1.82, 2.24) is 24.9 Å². The molecule has 0 fully saturated rings. The van der Waals surface area contributed by atoms with E-state index in [4.69, 9.17) is 19.4 Å². The van der Waals surface area contributed by atoms with Crippen LogP contribution in [0.1, 0.15) is 25.0 Å². The van der Waals surface area contributed by atoms with E-state index in [0.29, 0.717) is 23.3 Å². The Kier molecular flexibility index (Phi) is 4.76. The SMILES string of the molecule is CC1(C)c2ccccc2-c2cc3c(cc21)oc1cc(-c2nc(-c4ccccc4)nc(-c4ncccn4)n2)ccc13. The summed E-state index contributed by atoms with van der Waals surface area (Å²) in [5.74, 6) is 1.98. The highest BCUT2D eigenvalue weighted by atomic mass is 16.3. The number of benzene rings is 4. The molecule has 0 saturated carbocycles. The van der Waals surface area contributed by atoms with Crippen LogP contribution >= 0.6 is 0 Å². The van der Waals surface area contributed by atoms with Gasteiger partial charge in [-0.05, 0) is 52.6 Å². The first-order valence-corrected chi connectivity index (χ1v) is 13.3. The lowest BCUT2D eigenvalue weighted by atomic mass is 9.82. The number of rotatable bonds is 3. The van der Waals surface area contributed by atoms with E-state index in [1.807, 2.05) is 42.5 Å². The van der Waals surface area contributed by atoms with Gasteiger partial charge in [-0.2, -0.15) is 0 Å². The Bertz CT molecular complexity index is 2020. The monoisotopic (exact) mass is 517 g/mol. The third-order valence-corrected chi connectivity index (χ3v) is 7.87. The molecular weight excluding hydrogens is 494 g/mol. The first-order chi connectivity index (χ1) is 19.6. The normalized spacial score (nSPS) is 13.4. The van der Waals surface area contributed by atoms with Gasteiger partial charge in [0.1, 0.15) is 11.2 Å². The van der Waals surface area contributed by atoms with Crippen molar-refractivity contribution in [2.24, 2.45) is 0 Å². The van der Waals surface area contributed by atoms with Crippen molar-refractivity contribution in [2.75, 3.05) is 0 Å². The highest BCUT2D eigenvalue weighted by Gasteiger charge is 2.36. The standard InChI is InChI=1S/C34H23N5O/c1-34(2)26-12-7-6-11-22(26)24-18-25-23-14-13-21(17-28(23)40-29(25)19-27(24)34)31-37-30(20-9-4-3-5-10-20)38-33(39-31)32-35-15-8-16-36-32/h3-19H,1-2H3. The van der Waals surface area contributed by atoms with Crippen molar-refractivity contribution in [3.05, 3.63) is 115 Å². The molecule has 0 amide bonds. The lowest BCUT2D eigenvalue weighted by Gasteiger charge is -2.21. The molecule has 0 atom stereocenters. The van der Waals surface area contributed by atoms with Gasteiger partial charge >= 0.3 is 0 Å². The molecule has 0 bridgehead atoms. The zero-order valence-electron chi connectivity index (χ0n) is 22.0. The van der Waals surface area contributed by atoms with E-state index in [1.54, 1.807) is 18.5 Å². The van der Waals surface area contributed by atoms with Crippen LogP contribution in [0.25, 0.3) is 67.5 Å². The van der Waals surface area contributed by atoms with E-state index >= 15 is 0 Å². The predicted octanol–water partition coefficient (Wildman–Crippen LogP) is 7.87. The van der Waals surface area contributed by atoms with Crippen LogP contribution in [0, 0.1) is 0 Å². The third-order valence-electron chi connectivity index (χ3n) is 7.87. The summed E-state index contributed by atoms with van der Waals surface area (Å²) >= 11 is 0. The van der Waals surface area contributed by atoms with Gasteiger partial charge in [0.25, 0.3) is 0 Å². The molecule has 40 heavy (non-hydrogen) atoms. The summed E-state index contributed by atoms with van der Waals surface area (Å²) in [5.41, 5.74) is 8.53. The first kappa shape index (κ1) is 22.7. The molecular formula is C34H23N5O. The van der Waals surface area contributed by atoms with Gasteiger partial charge in [-0.15, -0.1) is 0 Å². The van der Waals surface area contributed by atoms with E-state index in [-0.39, 0.29) is 5.41 Å². The maximum Gasteiger partial charge on any atom is 0.201 e. The minimum absolute atomic E-state index is 0.0844. The van der Waals surface area contributed by atoms with Crippen LogP contribution in [-0.4, -0.2) is 24.9 Å². The average Bonchev–Trinajstić information content (AvgIpc) is 3.48. The molecule has 7 aromatic rings. The fourth-order valence-corrected chi connectivity index (χ4v) is 5.85. The average molecular weight is 518 g/mol. The van der Waals surface area contributed by atoms with Gasteiger partial charge in [0, 0.05) is 39.7 Å². The molecule has 3 aromatic heterocycles. The molecule has 0 aliphatic heterocycles. The first-order valence-electron chi connectivity index (χ1n) is 13.3. The molecule has 6 nitrogen and oxygen atoms in total. The van der Waals surface area contributed by atoms with Crippen molar-refractivity contribution >= 4 is 21.9 Å². The molecule has 8 rings (SSSR count). The van der Waals surface area contributed by atoms with Crippen LogP contribution in [-0.2, 0) is 5.41 Å². The molecule has 3 heterocycles. The number of fused-ring (bicyclic) bond motifs is 6. The smallest absolute Gasteiger partial charge is 0.201 e. The van der Waals surface area contributed by atoms with Crippen molar-refractivity contribution in [2.45, 2.75) is 19.3 Å². The van der Waals surface area contributed by atoms with Crippen molar-refractivity contribution in [3.63, 3.8) is 0 Å². The minimum Gasteiger partial charge on any atom is -0.456 e. The maximum atomic E-state index is 6.47. The van der Waals surface area contributed by atoms with Gasteiger partial charge in [0.05, 0.1) is 0 Å². The summed E-state index contributed by atoms with van der Waals surface area (Å²) in [6.07, 6.45) is 3.37. The molecule has 6 heteroatoms. The second-order valence-corrected chi connectivity index (χ2v) is 10.6. The second-order valence-electron chi connectivity index (χ2n) is 10.6. The Morgan fingerprint density at radius 2 is 1.23 bits per heavy atom. The van der Waals surface area contributed by atoms with E-state index in [0.717, 1.165) is 33.1 Å². The predicted molar refractivity (Wildman–Crippen MR) is 157 cm³/mol. The van der Waals surface area contributed by atoms with E-state index in [2.05, 4.69) is 66.3 Å². The van der Waals surface area contributed by atoms with E-state index in [1.165, 1.54) is 22.3 Å². The lowest BCUT2D eigenvalue weighted by Crippen LogP contribution is -2.14. The Labute approximate surface area is 230 Å². The second kappa shape index (κ2) is 8.38. The molecule has 0 N–H and O–H groups in total. The van der Waals surface area contributed by atoms with Crippen LogP contribution in [0.15, 0.2) is 108 Å². The highest BCUT2D eigenvalue weighted by Crippen LogP contribution is 2.50. The van der Waals surface area contributed by atoms with Crippen molar-refractivity contribution in [1.29, 1.82) is 0 Å². The Balaban J connectivity index is 1.30. The molecule has 4 aromatic carbocycles. The van der Waals surface area contributed by atoms with E-state index in [9.17, 15) is 0 Å². The Hall–Kier alpha value is -5.23. The zero-order chi connectivity index (χ0) is 26.8. The van der Waals surface area contributed by atoms with Crippen LogP contribution in [0.2, 0.25) is 0 Å². The quantitative estimate of drug-likeness (QED) is 0.237. The molecule has 190 valence electrons. The van der Waals surface area contributed by atoms with Gasteiger partial charge in [-0.3, -0.25) is 0 Å². The Morgan fingerprint density at radius 3 is 2.05 bits per heavy atom. The number of hydrogen-bond donors (Lipinski definition) is 0. The Morgan fingerprint density at radius 1 is 0.525 bits per heavy atom. The molecule has 1 aliphatic rings. The topological polar surface area (TPSA) is 77.6 Å². The molecule has 1 aliphatic carbocycles. The molecule has 0 radical (unpaired) electrons. The number of aromatic nitrogens is 5. The van der Waals surface area contributed by atoms with E-state index < -0.39 is 0 Å². The van der Waals surface area contributed by atoms with Crippen LogP contribution in [0.5, 0.6) is 0 Å². The summed E-state index contributed by atoms with van der Waals surface area (Å²) in [4.78, 5) is 23.0. The van der Waals surface area contributed by atoms with Gasteiger partial charge < -0.3 is 4.42 Å². The molecule has 0 spiro atoms. The van der Waals surface area contributed by atoms with Crippen LogP contribution in [0.4, 0.5) is 0 Å². The van der Waals surface area contributed by atoms with Crippen LogP contribution < -0.4 is 0 Å². The summed E-state index contributed by atoms with van der Waals surface area (Å²) in [6, 6.07) is 31.0. The molecule has 0 unspecified atom stereocenters. The summed E-state index contributed by atoms with van der Waals surface area (Å²) in [7, 11) is 0. The van der Waals surface area contributed by atoms with Gasteiger partial charge in [-0.25, -0.2) is 24.9 Å². The number of hydrogen-bond acceptors (Lipinski definition) is 6. The van der Waals surface area contributed by atoms with Crippen molar-refractivity contribution < 1.29 is 4.42 Å². The summed E-state index contributed by atoms with van der Waals surface area (Å²) < 4.78 is 6.47. The minimum atomic E-state index is -0.0844.